The monoisotopic (exact) mass is 439 g/mol. The molecule has 9 nitrogen and oxygen atoms in total. The van der Waals surface area contributed by atoms with Crippen LogP contribution in [0.4, 0.5) is 28.0 Å². The van der Waals surface area contributed by atoms with Crippen molar-refractivity contribution in [3.63, 3.8) is 0 Å². The Hall–Kier alpha value is -3.69. The SMILES string of the molecule is C[C@@H]1CN(C(=O)Nc2ccc(F)c(C#N)c2)Cc2c(C(=O)N[C@H](C)C(F)(F)F)nnn21. The summed E-state index contributed by atoms with van der Waals surface area (Å²) in [7, 11) is 0. The summed E-state index contributed by atoms with van der Waals surface area (Å²) in [6, 6.07) is 2.05. The molecule has 0 bridgehead atoms. The maximum atomic E-state index is 13.5. The third-order valence-corrected chi connectivity index (χ3v) is 4.71. The lowest BCUT2D eigenvalue weighted by Gasteiger charge is -2.32. The fourth-order valence-corrected chi connectivity index (χ4v) is 3.03. The highest BCUT2D eigenvalue weighted by atomic mass is 19.4. The van der Waals surface area contributed by atoms with Crippen LogP contribution in [0.5, 0.6) is 0 Å². The van der Waals surface area contributed by atoms with Gasteiger partial charge in [-0.25, -0.2) is 13.9 Å². The number of nitrogens with one attached hydrogen (secondary N) is 2. The molecule has 1 aliphatic heterocycles. The minimum absolute atomic E-state index is 0.140. The van der Waals surface area contributed by atoms with E-state index in [1.807, 2.05) is 5.32 Å². The lowest BCUT2D eigenvalue weighted by molar-refractivity contribution is -0.149. The van der Waals surface area contributed by atoms with Gasteiger partial charge in [0.25, 0.3) is 5.91 Å². The summed E-state index contributed by atoms with van der Waals surface area (Å²) in [5.41, 5.74) is -0.193. The third kappa shape index (κ3) is 4.57. The number of carbonyl (C=O) groups is 2. The van der Waals surface area contributed by atoms with Gasteiger partial charge in [-0.3, -0.25) is 4.79 Å². The fourth-order valence-electron chi connectivity index (χ4n) is 3.03. The van der Waals surface area contributed by atoms with Crippen LogP contribution in [0.25, 0.3) is 0 Å². The number of benzene rings is 1. The zero-order chi connectivity index (χ0) is 22.9. The van der Waals surface area contributed by atoms with E-state index < -0.39 is 36.0 Å². The van der Waals surface area contributed by atoms with Crippen molar-refractivity contribution in [2.24, 2.45) is 0 Å². The zero-order valence-electron chi connectivity index (χ0n) is 16.4. The molecule has 3 amide bonds. The van der Waals surface area contributed by atoms with Crippen LogP contribution in [0.3, 0.4) is 0 Å². The van der Waals surface area contributed by atoms with Crippen molar-refractivity contribution in [3.05, 3.63) is 41.0 Å². The van der Waals surface area contributed by atoms with E-state index in [-0.39, 0.29) is 35.7 Å². The van der Waals surface area contributed by atoms with Crippen molar-refractivity contribution in [2.75, 3.05) is 11.9 Å². The number of anilines is 1. The van der Waals surface area contributed by atoms with Crippen LogP contribution >= 0.6 is 0 Å². The molecule has 2 atom stereocenters. The Morgan fingerprint density at radius 2 is 2.06 bits per heavy atom. The number of hydrogen-bond acceptors (Lipinski definition) is 5. The first-order valence-corrected chi connectivity index (χ1v) is 9.08. The van der Waals surface area contributed by atoms with Crippen LogP contribution in [0.15, 0.2) is 18.2 Å². The number of alkyl halides is 3. The Bertz CT molecular complexity index is 1060. The molecule has 1 aromatic heterocycles. The topological polar surface area (TPSA) is 116 Å². The van der Waals surface area contributed by atoms with Crippen molar-refractivity contribution in [3.8, 4) is 6.07 Å². The summed E-state index contributed by atoms with van der Waals surface area (Å²) >= 11 is 0. The van der Waals surface area contributed by atoms with Crippen molar-refractivity contribution < 1.29 is 27.2 Å². The number of nitrogens with zero attached hydrogens (tertiary/aromatic N) is 5. The van der Waals surface area contributed by atoms with Crippen LogP contribution in [0.1, 0.15) is 41.6 Å². The van der Waals surface area contributed by atoms with Gasteiger partial charge in [0.15, 0.2) is 5.69 Å². The van der Waals surface area contributed by atoms with Gasteiger partial charge < -0.3 is 15.5 Å². The Morgan fingerprint density at radius 3 is 2.71 bits per heavy atom. The normalized spacial score (nSPS) is 16.8. The molecule has 0 aliphatic carbocycles. The first-order valence-electron chi connectivity index (χ1n) is 9.08. The average molecular weight is 439 g/mol. The molecule has 0 saturated carbocycles. The molecule has 2 heterocycles. The predicted molar refractivity (Wildman–Crippen MR) is 98.3 cm³/mol. The van der Waals surface area contributed by atoms with Gasteiger partial charge in [-0.05, 0) is 32.0 Å². The Balaban J connectivity index is 1.78. The van der Waals surface area contributed by atoms with Gasteiger partial charge in [-0.2, -0.15) is 18.4 Å². The minimum atomic E-state index is -4.63. The van der Waals surface area contributed by atoms with E-state index in [0.29, 0.717) is 0 Å². The zero-order valence-corrected chi connectivity index (χ0v) is 16.4. The highest BCUT2D eigenvalue weighted by molar-refractivity contribution is 5.94. The van der Waals surface area contributed by atoms with E-state index in [9.17, 15) is 27.2 Å². The molecule has 0 radical (unpaired) electrons. The molecule has 164 valence electrons. The Labute approximate surface area is 173 Å². The number of nitriles is 1. The lowest BCUT2D eigenvalue weighted by Crippen LogP contribution is -2.45. The third-order valence-electron chi connectivity index (χ3n) is 4.71. The van der Waals surface area contributed by atoms with Gasteiger partial charge in [0.05, 0.1) is 23.8 Å². The molecule has 13 heteroatoms. The standard InChI is InChI=1S/C18H17F4N7O2/c1-9-7-28(17(31)25-12-3-4-13(19)11(5-12)6-23)8-14-15(26-27-29(9)14)16(30)24-10(2)18(20,21)22/h3-5,9-10H,7-8H2,1-2H3,(H,24,30)(H,25,31)/t9-,10-/m1/s1. The summed E-state index contributed by atoms with van der Waals surface area (Å²) < 4.78 is 53.1. The molecule has 1 aliphatic rings. The van der Waals surface area contributed by atoms with Crippen molar-refractivity contribution in [2.45, 2.75) is 38.7 Å². The number of amides is 3. The summed E-state index contributed by atoms with van der Waals surface area (Å²) in [5, 5.41) is 20.8. The highest BCUT2D eigenvalue weighted by Crippen LogP contribution is 2.24. The molecule has 0 unspecified atom stereocenters. The molecule has 2 aromatic rings. The predicted octanol–water partition coefficient (Wildman–Crippen LogP) is 2.58. The van der Waals surface area contributed by atoms with Crippen LogP contribution < -0.4 is 10.6 Å². The molecule has 0 spiro atoms. The van der Waals surface area contributed by atoms with Gasteiger partial charge in [0.2, 0.25) is 0 Å². The molecule has 1 aromatic carbocycles. The van der Waals surface area contributed by atoms with Crippen molar-refractivity contribution >= 4 is 17.6 Å². The van der Waals surface area contributed by atoms with E-state index in [2.05, 4.69) is 15.6 Å². The second-order valence-electron chi connectivity index (χ2n) is 7.03. The highest BCUT2D eigenvalue weighted by Gasteiger charge is 2.39. The van der Waals surface area contributed by atoms with Crippen LogP contribution in [-0.4, -0.2) is 50.6 Å². The first-order chi connectivity index (χ1) is 14.5. The van der Waals surface area contributed by atoms with E-state index in [1.54, 1.807) is 13.0 Å². The fraction of sp³-hybridized carbons (Fsp3) is 0.389. The number of fused-ring (bicyclic) bond motifs is 1. The smallest absolute Gasteiger partial charge is 0.339 e. The van der Waals surface area contributed by atoms with Crippen LogP contribution in [0, 0.1) is 17.1 Å². The second-order valence-corrected chi connectivity index (χ2v) is 7.03. The molecule has 2 N–H and O–H groups in total. The van der Waals surface area contributed by atoms with E-state index in [1.165, 1.54) is 21.7 Å². The summed E-state index contributed by atoms with van der Waals surface area (Å²) in [5.74, 6) is -1.79. The van der Waals surface area contributed by atoms with Gasteiger partial charge in [-0.15, -0.1) is 5.10 Å². The Kier molecular flexibility index (Phi) is 5.83. The number of rotatable bonds is 3. The van der Waals surface area contributed by atoms with Crippen molar-refractivity contribution in [1.82, 2.24) is 25.2 Å². The largest absolute Gasteiger partial charge is 0.408 e. The van der Waals surface area contributed by atoms with E-state index >= 15 is 0 Å². The summed E-state index contributed by atoms with van der Waals surface area (Å²) in [4.78, 5) is 26.3. The second kappa shape index (κ2) is 8.21. The van der Waals surface area contributed by atoms with Crippen LogP contribution in [-0.2, 0) is 6.54 Å². The molecule has 0 fully saturated rings. The van der Waals surface area contributed by atoms with Gasteiger partial charge in [-0.1, -0.05) is 5.21 Å². The minimum Gasteiger partial charge on any atom is -0.339 e. The number of aromatic nitrogens is 3. The quantitative estimate of drug-likeness (QED) is 0.714. The maximum absolute atomic E-state index is 13.5. The summed E-state index contributed by atoms with van der Waals surface area (Å²) in [6.07, 6.45) is -4.63. The number of hydrogen-bond donors (Lipinski definition) is 2. The number of urea groups is 1. The lowest BCUT2D eigenvalue weighted by atomic mass is 10.1. The van der Waals surface area contributed by atoms with Gasteiger partial charge in [0.1, 0.15) is 17.9 Å². The summed E-state index contributed by atoms with van der Waals surface area (Å²) in [6.45, 7) is 2.53. The molecular weight excluding hydrogens is 422 g/mol. The van der Waals surface area contributed by atoms with Gasteiger partial charge in [0, 0.05) is 12.2 Å². The van der Waals surface area contributed by atoms with E-state index in [4.69, 9.17) is 5.26 Å². The molecule has 0 saturated heterocycles. The number of halogens is 4. The van der Waals surface area contributed by atoms with Crippen molar-refractivity contribution in [1.29, 1.82) is 5.26 Å². The van der Waals surface area contributed by atoms with E-state index in [0.717, 1.165) is 13.0 Å². The molecular formula is C18H17F4N7O2. The molecule has 31 heavy (non-hydrogen) atoms. The van der Waals surface area contributed by atoms with Crippen LogP contribution in [0.2, 0.25) is 0 Å². The molecule has 3 rings (SSSR count). The first kappa shape index (κ1) is 22.0. The number of carbonyl (C=O) groups excluding carboxylic acids is 2. The average Bonchev–Trinajstić information content (AvgIpc) is 3.13. The maximum Gasteiger partial charge on any atom is 0.408 e. The Morgan fingerprint density at radius 1 is 1.35 bits per heavy atom. The van der Waals surface area contributed by atoms with Gasteiger partial charge >= 0.3 is 12.2 Å².